The average molecular weight is 433 g/mol. The van der Waals surface area contributed by atoms with Crippen LogP contribution in [0, 0.1) is 0 Å². The first-order valence-corrected chi connectivity index (χ1v) is 10.2. The quantitative estimate of drug-likeness (QED) is 0.641. The van der Waals surface area contributed by atoms with Gasteiger partial charge < -0.3 is 24.0 Å². The molecule has 2 amide bonds. The van der Waals surface area contributed by atoms with E-state index in [0.717, 1.165) is 5.75 Å². The first kappa shape index (κ1) is 21.8. The van der Waals surface area contributed by atoms with Crippen LogP contribution in [0.25, 0.3) is 0 Å². The molecule has 1 aliphatic rings. The van der Waals surface area contributed by atoms with Gasteiger partial charge in [-0.1, -0.05) is 11.6 Å². The molecule has 0 radical (unpaired) electrons. The highest BCUT2D eigenvalue weighted by Crippen LogP contribution is 2.18. The zero-order valence-corrected chi connectivity index (χ0v) is 17.6. The third-order valence-corrected chi connectivity index (χ3v) is 4.91. The minimum absolute atomic E-state index is 0.0401. The van der Waals surface area contributed by atoms with Crippen molar-refractivity contribution in [2.24, 2.45) is 0 Å². The van der Waals surface area contributed by atoms with E-state index >= 15 is 0 Å². The van der Waals surface area contributed by atoms with Crippen LogP contribution in [0.1, 0.15) is 6.92 Å². The largest absolute Gasteiger partial charge is 0.494 e. The van der Waals surface area contributed by atoms with Crippen LogP contribution in [0.15, 0.2) is 48.5 Å². The first-order valence-electron chi connectivity index (χ1n) is 9.84. The molecule has 3 rings (SSSR count). The van der Waals surface area contributed by atoms with Gasteiger partial charge >= 0.3 is 0 Å². The van der Waals surface area contributed by atoms with E-state index < -0.39 is 0 Å². The first-order chi connectivity index (χ1) is 14.5. The molecule has 0 aliphatic carbocycles. The molecule has 1 fully saturated rings. The molecule has 30 heavy (non-hydrogen) atoms. The lowest BCUT2D eigenvalue weighted by atomic mass is 10.3. The summed E-state index contributed by atoms with van der Waals surface area (Å²) in [5, 5.41) is 0.612. The molecule has 2 aromatic carbocycles. The molecule has 1 heterocycles. The second-order valence-electron chi connectivity index (χ2n) is 6.70. The molecular formula is C22H25ClN2O5. The number of halogens is 1. The van der Waals surface area contributed by atoms with E-state index in [-0.39, 0.29) is 25.0 Å². The molecule has 2 aromatic rings. The van der Waals surface area contributed by atoms with Crippen molar-refractivity contribution in [1.82, 2.24) is 9.80 Å². The number of nitrogens with zero attached hydrogens (tertiary/aromatic N) is 2. The molecule has 8 heteroatoms. The lowest BCUT2D eigenvalue weighted by Gasteiger charge is -2.34. The summed E-state index contributed by atoms with van der Waals surface area (Å²) < 4.78 is 16.5. The molecule has 0 N–H and O–H groups in total. The number of ether oxygens (including phenoxy) is 3. The van der Waals surface area contributed by atoms with Gasteiger partial charge in [-0.2, -0.15) is 0 Å². The predicted octanol–water partition coefficient (Wildman–Crippen LogP) is 2.87. The van der Waals surface area contributed by atoms with E-state index in [2.05, 4.69) is 0 Å². The SMILES string of the molecule is CCOc1ccc(OCC(=O)N2CCN(C(=O)COc3ccc(Cl)cc3)CC2)cc1. The lowest BCUT2D eigenvalue weighted by molar-refractivity contribution is -0.141. The summed E-state index contributed by atoms with van der Waals surface area (Å²) in [6.45, 7) is 4.31. The Morgan fingerprint density at radius 2 is 1.10 bits per heavy atom. The molecule has 160 valence electrons. The van der Waals surface area contributed by atoms with Crippen molar-refractivity contribution in [3.8, 4) is 17.2 Å². The van der Waals surface area contributed by atoms with Crippen molar-refractivity contribution in [3.05, 3.63) is 53.6 Å². The number of hydrogen-bond acceptors (Lipinski definition) is 5. The number of piperazine rings is 1. The smallest absolute Gasteiger partial charge is 0.260 e. The molecule has 0 spiro atoms. The molecule has 0 saturated carbocycles. The van der Waals surface area contributed by atoms with Gasteiger partial charge in [0.25, 0.3) is 11.8 Å². The summed E-state index contributed by atoms with van der Waals surface area (Å²) in [6.07, 6.45) is 0. The summed E-state index contributed by atoms with van der Waals surface area (Å²) >= 11 is 5.83. The van der Waals surface area contributed by atoms with Gasteiger partial charge in [-0.05, 0) is 55.5 Å². The van der Waals surface area contributed by atoms with Crippen molar-refractivity contribution in [2.45, 2.75) is 6.92 Å². The summed E-state index contributed by atoms with van der Waals surface area (Å²) in [5.74, 6) is 1.75. The van der Waals surface area contributed by atoms with Crippen molar-refractivity contribution >= 4 is 23.4 Å². The van der Waals surface area contributed by atoms with Crippen LogP contribution >= 0.6 is 11.6 Å². The predicted molar refractivity (Wildman–Crippen MR) is 113 cm³/mol. The monoisotopic (exact) mass is 432 g/mol. The van der Waals surface area contributed by atoms with E-state index in [1.165, 1.54) is 0 Å². The highest BCUT2D eigenvalue weighted by molar-refractivity contribution is 6.30. The molecule has 7 nitrogen and oxygen atoms in total. The van der Waals surface area contributed by atoms with Crippen LogP contribution in [0.4, 0.5) is 0 Å². The second-order valence-corrected chi connectivity index (χ2v) is 7.13. The lowest BCUT2D eigenvalue weighted by Crippen LogP contribution is -2.52. The molecule has 0 unspecified atom stereocenters. The van der Waals surface area contributed by atoms with E-state index in [1.54, 1.807) is 58.3 Å². The highest BCUT2D eigenvalue weighted by atomic mass is 35.5. The van der Waals surface area contributed by atoms with Gasteiger partial charge in [0.05, 0.1) is 6.61 Å². The standard InChI is InChI=1S/C22H25ClN2O5/c1-2-28-18-7-9-20(10-8-18)30-16-22(27)25-13-11-24(12-14-25)21(26)15-29-19-5-3-17(23)4-6-19/h3-10H,2,11-16H2,1H3. The number of benzene rings is 2. The third-order valence-electron chi connectivity index (χ3n) is 4.66. The second kappa shape index (κ2) is 10.7. The molecule has 1 aliphatic heterocycles. The van der Waals surface area contributed by atoms with Crippen molar-refractivity contribution in [3.63, 3.8) is 0 Å². The summed E-state index contributed by atoms with van der Waals surface area (Å²) in [6, 6.07) is 14.0. The fourth-order valence-electron chi connectivity index (χ4n) is 3.01. The Bertz CT molecular complexity index is 834. The molecular weight excluding hydrogens is 408 g/mol. The van der Waals surface area contributed by atoms with Gasteiger partial charge in [0.1, 0.15) is 17.2 Å². The number of amides is 2. The van der Waals surface area contributed by atoms with Crippen LogP contribution in [-0.2, 0) is 9.59 Å². The van der Waals surface area contributed by atoms with E-state index in [1.807, 2.05) is 6.92 Å². The number of hydrogen-bond donors (Lipinski definition) is 0. The molecule has 0 aromatic heterocycles. The Morgan fingerprint density at radius 1 is 0.733 bits per heavy atom. The molecule has 1 saturated heterocycles. The van der Waals surface area contributed by atoms with Crippen molar-refractivity contribution in [1.29, 1.82) is 0 Å². The number of rotatable bonds is 8. The summed E-state index contributed by atoms with van der Waals surface area (Å²) in [4.78, 5) is 28.1. The van der Waals surface area contributed by atoms with Gasteiger partial charge in [-0.3, -0.25) is 9.59 Å². The maximum Gasteiger partial charge on any atom is 0.260 e. The van der Waals surface area contributed by atoms with Crippen LogP contribution < -0.4 is 14.2 Å². The van der Waals surface area contributed by atoms with Crippen molar-refractivity contribution < 1.29 is 23.8 Å². The highest BCUT2D eigenvalue weighted by Gasteiger charge is 2.24. The maximum absolute atomic E-state index is 12.4. The van der Waals surface area contributed by atoms with Gasteiger partial charge in [0.2, 0.25) is 0 Å². The minimum atomic E-state index is -0.109. The number of carbonyl (C=O) groups excluding carboxylic acids is 2. The molecule has 0 bridgehead atoms. The van der Waals surface area contributed by atoms with Crippen LogP contribution in [0.3, 0.4) is 0 Å². The number of carbonyl (C=O) groups is 2. The Hall–Kier alpha value is -2.93. The summed E-state index contributed by atoms with van der Waals surface area (Å²) in [7, 11) is 0. The third kappa shape index (κ3) is 6.29. The Morgan fingerprint density at radius 3 is 1.50 bits per heavy atom. The zero-order valence-electron chi connectivity index (χ0n) is 16.9. The Labute approximate surface area is 181 Å². The fraction of sp³-hybridized carbons (Fsp3) is 0.364. The average Bonchev–Trinajstić information content (AvgIpc) is 2.78. The fourth-order valence-corrected chi connectivity index (χ4v) is 3.13. The van der Waals surface area contributed by atoms with Gasteiger partial charge in [0, 0.05) is 31.2 Å². The zero-order chi connectivity index (χ0) is 21.3. The Balaban J connectivity index is 1.38. The van der Waals surface area contributed by atoms with Crippen LogP contribution in [0.2, 0.25) is 5.02 Å². The topological polar surface area (TPSA) is 68.3 Å². The van der Waals surface area contributed by atoms with Crippen LogP contribution in [-0.4, -0.2) is 67.6 Å². The van der Waals surface area contributed by atoms with Crippen molar-refractivity contribution in [2.75, 3.05) is 46.0 Å². The van der Waals surface area contributed by atoms with Crippen LogP contribution in [0.5, 0.6) is 17.2 Å². The summed E-state index contributed by atoms with van der Waals surface area (Å²) in [5.41, 5.74) is 0. The normalized spacial score (nSPS) is 13.7. The Kier molecular flexibility index (Phi) is 7.79. The molecule has 0 atom stereocenters. The minimum Gasteiger partial charge on any atom is -0.494 e. The van der Waals surface area contributed by atoms with E-state index in [0.29, 0.717) is 49.3 Å². The van der Waals surface area contributed by atoms with Gasteiger partial charge in [-0.25, -0.2) is 0 Å². The van der Waals surface area contributed by atoms with Gasteiger partial charge in [0.15, 0.2) is 13.2 Å². The van der Waals surface area contributed by atoms with E-state index in [4.69, 9.17) is 25.8 Å². The van der Waals surface area contributed by atoms with Gasteiger partial charge in [-0.15, -0.1) is 0 Å². The van der Waals surface area contributed by atoms with E-state index in [9.17, 15) is 9.59 Å². The maximum atomic E-state index is 12.4.